The summed E-state index contributed by atoms with van der Waals surface area (Å²) in [5.74, 6) is 3.05. The number of fused-ring (bicyclic) bond motifs is 1. The molecule has 3 heterocycles. The molecule has 1 aliphatic heterocycles. The molecule has 1 atom stereocenters. The van der Waals surface area contributed by atoms with Gasteiger partial charge in [-0.25, -0.2) is 0 Å². The lowest BCUT2D eigenvalue weighted by Gasteiger charge is -2.29. The van der Waals surface area contributed by atoms with Crippen LogP contribution < -0.4 is 9.47 Å². The van der Waals surface area contributed by atoms with E-state index in [4.69, 9.17) is 13.9 Å². The van der Waals surface area contributed by atoms with Crippen LogP contribution >= 0.6 is 11.8 Å². The van der Waals surface area contributed by atoms with E-state index < -0.39 is 0 Å². The van der Waals surface area contributed by atoms with E-state index in [0.717, 1.165) is 22.8 Å². The third-order valence-corrected chi connectivity index (χ3v) is 6.46. The van der Waals surface area contributed by atoms with Gasteiger partial charge >= 0.3 is 0 Å². The summed E-state index contributed by atoms with van der Waals surface area (Å²) < 4.78 is 19.2. The van der Waals surface area contributed by atoms with Crippen LogP contribution in [-0.4, -0.2) is 57.6 Å². The molecule has 1 unspecified atom stereocenters. The zero-order valence-electron chi connectivity index (χ0n) is 18.9. The molecule has 0 N–H and O–H groups in total. The smallest absolute Gasteiger partial charge is 0.232 e. The topological polar surface area (TPSA) is 82.6 Å². The highest BCUT2D eigenvalue weighted by atomic mass is 32.2. The molecule has 4 aromatic rings. The molecule has 0 bridgehead atoms. The van der Waals surface area contributed by atoms with Crippen LogP contribution in [0, 0.1) is 6.92 Å². The van der Waals surface area contributed by atoms with Crippen molar-refractivity contribution in [3.8, 4) is 28.6 Å². The molecular formula is C25H24N4O4S. The van der Waals surface area contributed by atoms with Crippen LogP contribution in [0.5, 0.6) is 11.5 Å². The molecule has 2 aromatic heterocycles. The number of likely N-dealkylation sites (N-methyl/N-ethyl adjacent to an activating group) is 1. The van der Waals surface area contributed by atoms with Gasteiger partial charge in [-0.2, -0.15) is 0 Å². The fourth-order valence-electron chi connectivity index (χ4n) is 3.76. The molecule has 9 heteroatoms. The van der Waals surface area contributed by atoms with E-state index in [-0.39, 0.29) is 17.8 Å². The van der Waals surface area contributed by atoms with Crippen LogP contribution in [0.15, 0.2) is 76.5 Å². The van der Waals surface area contributed by atoms with E-state index in [2.05, 4.69) is 10.2 Å². The van der Waals surface area contributed by atoms with E-state index in [0.29, 0.717) is 29.9 Å². The number of furan rings is 1. The first kappa shape index (κ1) is 22.1. The molecule has 0 aliphatic carbocycles. The Kier molecular flexibility index (Phi) is 6.27. The number of carbonyl (C=O) groups excluding carboxylic acids is 1. The van der Waals surface area contributed by atoms with E-state index in [9.17, 15) is 4.79 Å². The van der Waals surface area contributed by atoms with Crippen LogP contribution in [-0.2, 0) is 4.79 Å². The summed E-state index contributed by atoms with van der Waals surface area (Å²) in [5, 5.41) is 9.42. The molecule has 0 saturated heterocycles. The van der Waals surface area contributed by atoms with Gasteiger partial charge in [-0.15, -0.1) is 10.2 Å². The highest BCUT2D eigenvalue weighted by molar-refractivity contribution is 7.99. The van der Waals surface area contributed by atoms with Gasteiger partial charge in [-0.1, -0.05) is 42.1 Å². The zero-order valence-corrected chi connectivity index (χ0v) is 19.7. The minimum Gasteiger partial charge on any atom is -0.486 e. The average molecular weight is 477 g/mol. The lowest BCUT2D eigenvalue weighted by Crippen LogP contribution is -2.42. The van der Waals surface area contributed by atoms with Crippen LogP contribution in [0.4, 0.5) is 0 Å². The van der Waals surface area contributed by atoms with Crippen molar-refractivity contribution in [2.24, 2.45) is 0 Å². The highest BCUT2D eigenvalue weighted by Gasteiger charge is 2.25. The summed E-state index contributed by atoms with van der Waals surface area (Å²) in [7, 11) is 1.77. The number of thioether (sulfide) groups is 1. The van der Waals surface area contributed by atoms with Gasteiger partial charge in [-0.3, -0.25) is 9.36 Å². The molecule has 1 amide bonds. The summed E-state index contributed by atoms with van der Waals surface area (Å²) in [6, 6.07) is 19.3. The van der Waals surface area contributed by atoms with E-state index in [1.54, 1.807) is 18.2 Å². The Labute approximate surface area is 201 Å². The monoisotopic (exact) mass is 476 g/mol. The number of amides is 1. The van der Waals surface area contributed by atoms with Crippen LogP contribution in [0.1, 0.15) is 5.76 Å². The summed E-state index contributed by atoms with van der Waals surface area (Å²) in [4.78, 5) is 14.6. The third-order valence-electron chi connectivity index (χ3n) is 5.54. The summed E-state index contributed by atoms with van der Waals surface area (Å²) in [6.07, 6.45) is 1.41. The molecule has 8 nitrogen and oxygen atoms in total. The quantitative estimate of drug-likeness (QED) is 0.369. The number of benzene rings is 2. The Morgan fingerprint density at radius 2 is 1.85 bits per heavy atom. The Bertz CT molecular complexity index is 1290. The van der Waals surface area contributed by atoms with Crippen LogP contribution in [0.3, 0.4) is 0 Å². The number of nitrogens with zero attached hydrogens (tertiary/aromatic N) is 4. The number of hydrogen-bond donors (Lipinski definition) is 0. The zero-order chi connectivity index (χ0) is 23.5. The Morgan fingerprint density at radius 3 is 2.62 bits per heavy atom. The van der Waals surface area contributed by atoms with Crippen molar-refractivity contribution in [1.29, 1.82) is 0 Å². The normalized spacial score (nSPS) is 14.7. The van der Waals surface area contributed by atoms with Crippen molar-refractivity contribution >= 4 is 17.7 Å². The van der Waals surface area contributed by atoms with Crippen molar-refractivity contribution in [2.75, 3.05) is 26.0 Å². The maximum absolute atomic E-state index is 12.9. The molecule has 5 rings (SSSR count). The van der Waals surface area contributed by atoms with Gasteiger partial charge in [0.2, 0.25) is 5.91 Å². The first-order valence-corrected chi connectivity index (χ1v) is 11.9. The lowest BCUT2D eigenvalue weighted by molar-refractivity contribution is -0.128. The van der Waals surface area contributed by atoms with Crippen molar-refractivity contribution in [3.05, 3.63) is 72.7 Å². The fourth-order valence-corrected chi connectivity index (χ4v) is 4.65. The SMILES string of the molecule is Cc1occc1-c1nnc(SCC(=O)N(C)CC2COc3ccccc3O2)n1-c1ccccc1. The number of aromatic nitrogens is 3. The molecule has 174 valence electrons. The minimum absolute atomic E-state index is 0.0314. The predicted octanol–water partition coefficient (Wildman–Crippen LogP) is 4.23. The number of ether oxygens (including phenoxy) is 2. The van der Waals surface area contributed by atoms with Crippen molar-refractivity contribution in [2.45, 2.75) is 18.2 Å². The van der Waals surface area contributed by atoms with Gasteiger partial charge in [0, 0.05) is 12.7 Å². The Morgan fingerprint density at radius 1 is 1.09 bits per heavy atom. The molecular weight excluding hydrogens is 452 g/mol. The predicted molar refractivity (Wildman–Crippen MR) is 129 cm³/mol. The number of aryl methyl sites for hydroxylation is 1. The third kappa shape index (κ3) is 4.51. The van der Waals surface area contributed by atoms with E-state index in [1.165, 1.54) is 11.8 Å². The number of para-hydroxylation sites is 3. The van der Waals surface area contributed by atoms with Gasteiger partial charge in [0.1, 0.15) is 12.4 Å². The van der Waals surface area contributed by atoms with Crippen molar-refractivity contribution in [3.63, 3.8) is 0 Å². The van der Waals surface area contributed by atoms with Gasteiger partial charge in [0.15, 0.2) is 28.6 Å². The first-order chi connectivity index (χ1) is 16.6. The largest absolute Gasteiger partial charge is 0.486 e. The molecule has 0 spiro atoms. The average Bonchev–Trinajstić information content (AvgIpc) is 3.48. The van der Waals surface area contributed by atoms with Gasteiger partial charge < -0.3 is 18.8 Å². The molecule has 34 heavy (non-hydrogen) atoms. The van der Waals surface area contributed by atoms with Crippen molar-refractivity contribution < 1.29 is 18.7 Å². The second-order valence-electron chi connectivity index (χ2n) is 7.93. The van der Waals surface area contributed by atoms with Crippen LogP contribution in [0.2, 0.25) is 0 Å². The Hall–Kier alpha value is -3.72. The van der Waals surface area contributed by atoms with Crippen molar-refractivity contribution in [1.82, 2.24) is 19.7 Å². The van der Waals surface area contributed by atoms with Crippen LogP contribution in [0.25, 0.3) is 17.1 Å². The minimum atomic E-state index is -0.225. The second kappa shape index (κ2) is 9.64. The molecule has 2 aromatic carbocycles. The molecule has 0 saturated carbocycles. The summed E-state index contributed by atoms with van der Waals surface area (Å²) >= 11 is 1.35. The second-order valence-corrected chi connectivity index (χ2v) is 8.87. The number of carbonyl (C=O) groups is 1. The van der Waals surface area contributed by atoms with E-state index in [1.807, 2.05) is 72.2 Å². The number of hydrogen-bond acceptors (Lipinski definition) is 7. The maximum Gasteiger partial charge on any atom is 0.232 e. The summed E-state index contributed by atoms with van der Waals surface area (Å²) in [5.41, 5.74) is 1.78. The fraction of sp³-hybridized carbons (Fsp3) is 0.240. The lowest BCUT2D eigenvalue weighted by atomic mass is 10.2. The van der Waals surface area contributed by atoms with Gasteiger partial charge in [0.25, 0.3) is 0 Å². The highest BCUT2D eigenvalue weighted by Crippen LogP contribution is 2.32. The first-order valence-electron chi connectivity index (χ1n) is 10.9. The molecule has 0 radical (unpaired) electrons. The molecule has 1 aliphatic rings. The Balaban J connectivity index is 1.28. The van der Waals surface area contributed by atoms with E-state index >= 15 is 0 Å². The maximum atomic E-state index is 12.9. The number of rotatable bonds is 7. The molecule has 0 fully saturated rings. The summed E-state index contributed by atoms with van der Waals surface area (Å²) in [6.45, 7) is 2.72. The van der Waals surface area contributed by atoms with Gasteiger partial charge in [0.05, 0.1) is 24.1 Å². The van der Waals surface area contributed by atoms with Gasteiger partial charge in [-0.05, 0) is 37.3 Å². The standard InChI is InChI=1S/C25H24N4O4S/c1-17-20(12-13-31-17)24-26-27-25(29(24)18-8-4-3-5-9-18)34-16-23(30)28(2)14-19-15-32-21-10-6-7-11-22(21)33-19/h3-13,19H,14-16H2,1-2H3.